The van der Waals surface area contributed by atoms with Gasteiger partial charge in [-0.05, 0) is 32.3 Å². The molecular formula is C7H17NO2P+. The molecule has 3 nitrogen and oxygen atoms in total. The lowest BCUT2D eigenvalue weighted by atomic mass is 10.3. The van der Waals surface area contributed by atoms with Gasteiger partial charge in [-0.2, -0.15) is 0 Å². The second-order valence-electron chi connectivity index (χ2n) is 2.99. The minimum absolute atomic E-state index is 0.263. The lowest BCUT2D eigenvalue weighted by Gasteiger charge is -2.16. The maximum absolute atomic E-state index is 11.2. The molecular weight excluding hydrogens is 161 g/mol. The predicted octanol–water partition coefficient (Wildman–Crippen LogP) is 2.41. The summed E-state index contributed by atoms with van der Waals surface area (Å²) in [6, 6.07) is 0.525. The molecule has 0 aliphatic heterocycles. The van der Waals surface area contributed by atoms with Crippen molar-refractivity contribution in [1.29, 1.82) is 0 Å². The van der Waals surface area contributed by atoms with Crippen LogP contribution in [0.3, 0.4) is 0 Å². The Balaban J connectivity index is 4.22. The summed E-state index contributed by atoms with van der Waals surface area (Å²) < 4.78 is 17.9. The van der Waals surface area contributed by atoms with Gasteiger partial charge in [0.2, 0.25) is 0 Å². The maximum Gasteiger partial charge on any atom is 0.615 e. The Morgan fingerprint density at radius 2 is 1.55 bits per heavy atom. The molecule has 0 aromatic rings. The molecule has 1 atom stereocenters. The molecule has 1 unspecified atom stereocenters. The normalized spacial score (nSPS) is 13.3. The van der Waals surface area contributed by atoms with E-state index in [9.17, 15) is 4.57 Å². The van der Waals surface area contributed by atoms with Crippen LogP contribution in [0.1, 0.15) is 27.7 Å². The van der Waals surface area contributed by atoms with Crippen LogP contribution >= 0.6 is 8.18 Å². The molecule has 0 radical (unpaired) electrons. The average Bonchev–Trinajstić information content (AvgIpc) is 1.85. The molecule has 0 aromatic carbocycles. The van der Waals surface area contributed by atoms with Gasteiger partial charge in [0.05, 0.1) is 19.2 Å². The van der Waals surface area contributed by atoms with E-state index in [1.807, 2.05) is 32.4 Å². The van der Waals surface area contributed by atoms with Crippen molar-refractivity contribution >= 4 is 8.18 Å². The molecule has 0 aliphatic carbocycles. The van der Waals surface area contributed by atoms with Gasteiger partial charge in [-0.3, -0.25) is 0 Å². The van der Waals surface area contributed by atoms with Crippen LogP contribution in [-0.2, 0) is 9.09 Å². The Kier molecular flexibility index (Phi) is 4.82. The molecule has 11 heavy (non-hydrogen) atoms. The summed E-state index contributed by atoms with van der Waals surface area (Å²) in [5.74, 6) is 0. The van der Waals surface area contributed by atoms with Crippen LogP contribution in [-0.4, -0.2) is 23.9 Å². The SMILES string of the molecule is CO[P+](=O)N(C(C)C)C(C)C. The van der Waals surface area contributed by atoms with E-state index in [4.69, 9.17) is 4.52 Å². The van der Waals surface area contributed by atoms with Crippen molar-refractivity contribution in [3.63, 3.8) is 0 Å². The maximum atomic E-state index is 11.2. The minimum Gasteiger partial charge on any atom is -0.133 e. The van der Waals surface area contributed by atoms with Crippen LogP contribution in [0.25, 0.3) is 0 Å². The molecule has 0 saturated carbocycles. The van der Waals surface area contributed by atoms with Crippen molar-refractivity contribution in [2.24, 2.45) is 0 Å². The topological polar surface area (TPSA) is 29.5 Å². The van der Waals surface area contributed by atoms with Gasteiger partial charge in [-0.25, -0.2) is 0 Å². The van der Waals surface area contributed by atoms with Crippen molar-refractivity contribution in [1.82, 2.24) is 4.67 Å². The Bertz CT molecular complexity index is 128. The number of rotatable bonds is 4. The lowest BCUT2D eigenvalue weighted by Crippen LogP contribution is -2.30. The third kappa shape index (κ3) is 3.28. The molecule has 0 rings (SSSR count). The van der Waals surface area contributed by atoms with Crippen LogP contribution in [0.5, 0.6) is 0 Å². The molecule has 0 heterocycles. The highest BCUT2D eigenvalue weighted by molar-refractivity contribution is 7.36. The largest absolute Gasteiger partial charge is 0.615 e. The number of hydrogen-bond donors (Lipinski definition) is 0. The standard InChI is InChI=1S/C7H17NO2P/c1-6(2)8(7(3)4)11(9)10-5/h6-7H,1-5H3/q+1. The van der Waals surface area contributed by atoms with E-state index >= 15 is 0 Å². The van der Waals surface area contributed by atoms with Crippen LogP contribution in [0.15, 0.2) is 0 Å². The van der Waals surface area contributed by atoms with E-state index in [0.29, 0.717) is 0 Å². The van der Waals surface area contributed by atoms with E-state index < -0.39 is 8.18 Å². The average molecular weight is 178 g/mol. The van der Waals surface area contributed by atoms with Crippen molar-refractivity contribution in [2.75, 3.05) is 7.11 Å². The van der Waals surface area contributed by atoms with Crippen molar-refractivity contribution in [3.8, 4) is 0 Å². The third-order valence-corrected chi connectivity index (χ3v) is 3.02. The van der Waals surface area contributed by atoms with Gasteiger partial charge in [0.15, 0.2) is 0 Å². The Hall–Kier alpha value is 0.0200. The van der Waals surface area contributed by atoms with Crippen LogP contribution in [0.2, 0.25) is 0 Å². The van der Waals surface area contributed by atoms with Gasteiger partial charge in [-0.15, -0.1) is 4.52 Å². The van der Waals surface area contributed by atoms with Gasteiger partial charge >= 0.3 is 8.18 Å². The summed E-state index contributed by atoms with van der Waals surface area (Å²) >= 11 is 0. The van der Waals surface area contributed by atoms with E-state index in [2.05, 4.69) is 0 Å². The van der Waals surface area contributed by atoms with Crippen molar-refractivity contribution < 1.29 is 9.09 Å². The van der Waals surface area contributed by atoms with E-state index in [1.54, 1.807) is 0 Å². The Morgan fingerprint density at radius 3 is 1.64 bits per heavy atom. The number of nitrogens with zero attached hydrogens (tertiary/aromatic N) is 1. The molecule has 66 valence electrons. The smallest absolute Gasteiger partial charge is 0.133 e. The number of hydrogen-bond acceptors (Lipinski definition) is 2. The van der Waals surface area contributed by atoms with Crippen molar-refractivity contribution in [3.05, 3.63) is 0 Å². The fourth-order valence-corrected chi connectivity index (χ4v) is 2.01. The summed E-state index contributed by atoms with van der Waals surface area (Å²) in [4.78, 5) is 0. The fraction of sp³-hybridized carbons (Fsp3) is 1.00. The molecule has 4 heteroatoms. The molecule has 0 bridgehead atoms. The summed E-state index contributed by atoms with van der Waals surface area (Å²) in [6.45, 7) is 8.02. The van der Waals surface area contributed by atoms with Crippen molar-refractivity contribution in [2.45, 2.75) is 39.8 Å². The first-order valence-corrected chi connectivity index (χ1v) is 4.93. The molecule has 0 N–H and O–H groups in total. The second kappa shape index (κ2) is 4.81. The Morgan fingerprint density at radius 1 is 1.18 bits per heavy atom. The molecule has 0 saturated heterocycles. The lowest BCUT2D eigenvalue weighted by molar-refractivity contribution is 0.259. The summed E-state index contributed by atoms with van der Waals surface area (Å²) in [5, 5.41) is 0. The predicted molar refractivity (Wildman–Crippen MR) is 46.7 cm³/mol. The summed E-state index contributed by atoms with van der Waals surface area (Å²) in [5.41, 5.74) is 0. The van der Waals surface area contributed by atoms with Gasteiger partial charge in [0, 0.05) is 0 Å². The molecule has 0 fully saturated rings. The Labute approximate surface area is 69.6 Å². The van der Waals surface area contributed by atoms with E-state index in [1.165, 1.54) is 7.11 Å². The molecule has 0 spiro atoms. The first-order valence-electron chi connectivity index (χ1n) is 3.80. The first-order chi connectivity index (χ1) is 5.00. The minimum atomic E-state index is -1.64. The van der Waals surface area contributed by atoms with Gasteiger partial charge < -0.3 is 0 Å². The van der Waals surface area contributed by atoms with E-state index in [0.717, 1.165) is 0 Å². The van der Waals surface area contributed by atoms with Crippen LogP contribution < -0.4 is 0 Å². The molecule has 0 aliphatic rings. The second-order valence-corrected chi connectivity index (χ2v) is 4.29. The zero-order chi connectivity index (χ0) is 9.02. The summed E-state index contributed by atoms with van der Waals surface area (Å²) in [7, 11) is -0.169. The van der Waals surface area contributed by atoms with Gasteiger partial charge in [0.25, 0.3) is 0 Å². The van der Waals surface area contributed by atoms with E-state index in [-0.39, 0.29) is 12.1 Å². The highest BCUT2D eigenvalue weighted by Gasteiger charge is 2.33. The summed E-state index contributed by atoms with van der Waals surface area (Å²) in [6.07, 6.45) is 0. The fourth-order valence-electron chi connectivity index (χ4n) is 1.07. The molecule has 0 amide bonds. The zero-order valence-corrected chi connectivity index (χ0v) is 8.76. The van der Waals surface area contributed by atoms with Gasteiger partial charge in [0.1, 0.15) is 0 Å². The first kappa shape index (κ1) is 11.0. The quantitative estimate of drug-likeness (QED) is 0.619. The monoisotopic (exact) mass is 178 g/mol. The zero-order valence-electron chi connectivity index (χ0n) is 7.87. The van der Waals surface area contributed by atoms with Crippen LogP contribution in [0, 0.1) is 0 Å². The molecule has 0 aromatic heterocycles. The third-order valence-electron chi connectivity index (χ3n) is 1.40. The highest BCUT2D eigenvalue weighted by atomic mass is 31.1. The highest BCUT2D eigenvalue weighted by Crippen LogP contribution is 2.31. The van der Waals surface area contributed by atoms with Gasteiger partial charge in [-0.1, -0.05) is 4.67 Å². The van der Waals surface area contributed by atoms with Crippen LogP contribution in [0.4, 0.5) is 0 Å².